The number of ether oxygens (including phenoxy) is 1. The zero-order valence-electron chi connectivity index (χ0n) is 10.0. The van der Waals surface area contributed by atoms with Gasteiger partial charge in [0.05, 0.1) is 13.5 Å². The van der Waals surface area contributed by atoms with E-state index in [1.807, 2.05) is 0 Å². The number of methoxy groups -OCH3 is 1. The molecule has 0 fully saturated rings. The van der Waals surface area contributed by atoms with Crippen LogP contribution in [0.15, 0.2) is 30.3 Å². The van der Waals surface area contributed by atoms with Gasteiger partial charge in [-0.05, 0) is 23.8 Å². The fraction of sp³-hybridized carbons (Fsp3) is 0.231. The fourth-order valence-corrected chi connectivity index (χ4v) is 1.22. The second-order valence-corrected chi connectivity index (χ2v) is 3.67. The Morgan fingerprint density at radius 2 is 1.79 bits per heavy atom. The molecule has 19 heavy (non-hydrogen) atoms. The van der Waals surface area contributed by atoms with Crippen molar-refractivity contribution in [3.05, 3.63) is 35.9 Å². The lowest BCUT2D eigenvalue weighted by atomic mass is 10.1. The Labute approximate surface area is 107 Å². The number of allylic oxidation sites excluding steroid dienone is 1. The van der Waals surface area contributed by atoms with Crippen molar-refractivity contribution in [1.82, 2.24) is 0 Å². The van der Waals surface area contributed by atoms with Gasteiger partial charge in [-0.2, -0.15) is 13.2 Å². The van der Waals surface area contributed by atoms with Gasteiger partial charge in [0.15, 0.2) is 5.78 Å². The Bertz CT molecular complexity index is 487. The first-order valence-electron chi connectivity index (χ1n) is 5.28. The minimum atomic E-state index is -4.97. The van der Waals surface area contributed by atoms with E-state index in [-0.39, 0.29) is 0 Å². The molecular formula is C13H11F3O3. The molecule has 0 atom stereocenters. The Morgan fingerprint density at radius 3 is 2.26 bits per heavy atom. The Balaban J connectivity index is 2.61. The van der Waals surface area contributed by atoms with Gasteiger partial charge in [0, 0.05) is 0 Å². The van der Waals surface area contributed by atoms with Gasteiger partial charge >= 0.3 is 6.18 Å². The molecule has 0 saturated heterocycles. The maximum atomic E-state index is 11.9. The average Bonchev–Trinajstić information content (AvgIpc) is 2.35. The molecule has 0 aliphatic heterocycles. The number of Topliss-reactive ketones (excluding diaryl/α,β-unsaturated/α-hetero) is 1. The highest BCUT2D eigenvalue weighted by Gasteiger charge is 2.38. The molecule has 102 valence electrons. The molecule has 0 unspecified atom stereocenters. The van der Waals surface area contributed by atoms with Gasteiger partial charge in [-0.3, -0.25) is 9.59 Å². The largest absolute Gasteiger partial charge is 0.497 e. The highest BCUT2D eigenvalue weighted by Crippen LogP contribution is 2.18. The summed E-state index contributed by atoms with van der Waals surface area (Å²) >= 11 is 0. The van der Waals surface area contributed by atoms with Crippen LogP contribution >= 0.6 is 0 Å². The first-order valence-corrected chi connectivity index (χ1v) is 5.28. The van der Waals surface area contributed by atoms with Gasteiger partial charge in [0.1, 0.15) is 5.75 Å². The standard InChI is InChI=1S/C13H11F3O3/c1-19-11-6-3-9(4-7-11)2-5-10(17)8-12(18)13(14,15)16/h2-7H,8H2,1H3. The van der Waals surface area contributed by atoms with Crippen molar-refractivity contribution in [3.63, 3.8) is 0 Å². The van der Waals surface area contributed by atoms with E-state index in [1.54, 1.807) is 24.3 Å². The predicted molar refractivity (Wildman–Crippen MR) is 62.7 cm³/mol. The molecule has 0 heterocycles. The van der Waals surface area contributed by atoms with Gasteiger partial charge in [-0.15, -0.1) is 0 Å². The third-order valence-electron chi connectivity index (χ3n) is 2.23. The maximum Gasteiger partial charge on any atom is 0.450 e. The molecule has 3 nitrogen and oxygen atoms in total. The van der Waals surface area contributed by atoms with E-state index in [1.165, 1.54) is 13.2 Å². The van der Waals surface area contributed by atoms with Crippen LogP contribution in [0.5, 0.6) is 5.75 Å². The lowest BCUT2D eigenvalue weighted by Gasteiger charge is -2.02. The highest BCUT2D eigenvalue weighted by molar-refractivity contribution is 6.07. The third kappa shape index (κ3) is 4.95. The smallest absolute Gasteiger partial charge is 0.450 e. The average molecular weight is 272 g/mol. The van der Waals surface area contributed by atoms with Crippen LogP contribution in [0.4, 0.5) is 13.2 Å². The zero-order chi connectivity index (χ0) is 14.5. The summed E-state index contributed by atoms with van der Waals surface area (Å²) in [5.41, 5.74) is 0.619. The van der Waals surface area contributed by atoms with E-state index in [4.69, 9.17) is 4.74 Å². The molecular weight excluding hydrogens is 261 g/mol. The Kier molecular flexibility index (Phi) is 4.86. The van der Waals surface area contributed by atoms with Crippen molar-refractivity contribution in [1.29, 1.82) is 0 Å². The molecule has 1 aromatic carbocycles. The molecule has 0 aliphatic rings. The molecule has 0 spiro atoms. The van der Waals surface area contributed by atoms with Crippen LogP contribution < -0.4 is 4.74 Å². The summed E-state index contributed by atoms with van der Waals surface area (Å²) in [7, 11) is 1.50. The van der Waals surface area contributed by atoms with E-state index < -0.39 is 24.2 Å². The zero-order valence-corrected chi connectivity index (χ0v) is 10.0. The first kappa shape index (κ1) is 14.9. The molecule has 6 heteroatoms. The van der Waals surface area contributed by atoms with Crippen LogP contribution in [0.25, 0.3) is 6.08 Å². The van der Waals surface area contributed by atoms with Crippen molar-refractivity contribution >= 4 is 17.6 Å². The molecule has 0 N–H and O–H groups in total. The molecule has 0 amide bonds. The molecule has 1 rings (SSSR count). The number of halogens is 3. The lowest BCUT2D eigenvalue weighted by Crippen LogP contribution is -2.24. The summed E-state index contributed by atoms with van der Waals surface area (Å²) in [6.07, 6.45) is -3.85. The summed E-state index contributed by atoms with van der Waals surface area (Å²) < 4.78 is 40.7. The van der Waals surface area contributed by atoms with E-state index in [2.05, 4.69) is 0 Å². The van der Waals surface area contributed by atoms with Crippen molar-refractivity contribution < 1.29 is 27.5 Å². The molecule has 0 saturated carbocycles. The van der Waals surface area contributed by atoms with E-state index in [0.29, 0.717) is 11.3 Å². The van der Waals surface area contributed by atoms with E-state index >= 15 is 0 Å². The van der Waals surface area contributed by atoms with Crippen molar-refractivity contribution in [2.24, 2.45) is 0 Å². The summed E-state index contributed by atoms with van der Waals surface area (Å²) in [4.78, 5) is 21.7. The number of benzene rings is 1. The first-order chi connectivity index (χ1) is 8.82. The summed E-state index contributed by atoms with van der Waals surface area (Å²) in [5, 5.41) is 0. The van der Waals surface area contributed by atoms with Gasteiger partial charge in [0.2, 0.25) is 5.78 Å². The Hall–Kier alpha value is -2.11. The monoisotopic (exact) mass is 272 g/mol. The second kappa shape index (κ2) is 6.17. The number of hydrogen-bond donors (Lipinski definition) is 0. The number of alkyl halides is 3. The topological polar surface area (TPSA) is 43.4 Å². The van der Waals surface area contributed by atoms with Gasteiger partial charge in [-0.1, -0.05) is 18.2 Å². The summed E-state index contributed by atoms with van der Waals surface area (Å²) in [6.45, 7) is 0. The van der Waals surface area contributed by atoms with Gasteiger partial charge < -0.3 is 4.74 Å². The number of hydrogen-bond acceptors (Lipinski definition) is 3. The number of carbonyl (C=O) groups is 2. The van der Waals surface area contributed by atoms with Crippen molar-refractivity contribution in [2.45, 2.75) is 12.6 Å². The quantitative estimate of drug-likeness (QED) is 0.611. The maximum absolute atomic E-state index is 11.9. The van der Waals surface area contributed by atoms with Crippen LogP contribution in [0.3, 0.4) is 0 Å². The molecule has 1 aromatic rings. The van der Waals surface area contributed by atoms with Crippen LogP contribution in [0.2, 0.25) is 0 Å². The van der Waals surface area contributed by atoms with Crippen LogP contribution in [-0.2, 0) is 9.59 Å². The summed E-state index contributed by atoms with van der Waals surface area (Å²) in [6, 6.07) is 6.55. The van der Waals surface area contributed by atoms with Crippen LogP contribution in [0.1, 0.15) is 12.0 Å². The molecule has 0 bridgehead atoms. The number of ketones is 2. The lowest BCUT2D eigenvalue weighted by molar-refractivity contribution is -0.171. The van der Waals surface area contributed by atoms with Crippen molar-refractivity contribution in [2.75, 3.05) is 7.11 Å². The minimum Gasteiger partial charge on any atom is -0.497 e. The SMILES string of the molecule is COc1ccc(C=CC(=O)CC(=O)C(F)(F)F)cc1. The van der Waals surface area contributed by atoms with Crippen molar-refractivity contribution in [3.8, 4) is 5.75 Å². The van der Waals surface area contributed by atoms with Crippen LogP contribution in [0, 0.1) is 0 Å². The Morgan fingerprint density at radius 1 is 1.21 bits per heavy atom. The van der Waals surface area contributed by atoms with Gasteiger partial charge in [-0.25, -0.2) is 0 Å². The molecule has 0 radical (unpaired) electrons. The fourth-order valence-electron chi connectivity index (χ4n) is 1.22. The second-order valence-electron chi connectivity index (χ2n) is 3.67. The minimum absolute atomic E-state index is 0.619. The van der Waals surface area contributed by atoms with Crippen LogP contribution in [-0.4, -0.2) is 24.9 Å². The predicted octanol–water partition coefficient (Wildman–Crippen LogP) is 2.80. The third-order valence-corrected chi connectivity index (χ3v) is 2.23. The molecule has 0 aromatic heterocycles. The highest BCUT2D eigenvalue weighted by atomic mass is 19.4. The number of rotatable bonds is 5. The van der Waals surface area contributed by atoms with E-state index in [0.717, 1.165) is 6.08 Å². The van der Waals surface area contributed by atoms with Gasteiger partial charge in [0.25, 0.3) is 0 Å². The summed E-state index contributed by atoms with van der Waals surface area (Å²) in [5.74, 6) is -2.31. The van der Waals surface area contributed by atoms with E-state index in [9.17, 15) is 22.8 Å². The molecule has 0 aliphatic carbocycles. The normalized spacial score (nSPS) is 11.6. The number of carbonyl (C=O) groups excluding carboxylic acids is 2.